The molecule has 0 aliphatic heterocycles. The van der Waals surface area contributed by atoms with Gasteiger partial charge in [-0.3, -0.25) is 0 Å². The number of fused-ring (bicyclic) bond motifs is 1. The van der Waals surface area contributed by atoms with Crippen molar-refractivity contribution < 1.29 is 4.39 Å². The van der Waals surface area contributed by atoms with Gasteiger partial charge < -0.3 is 0 Å². The molecule has 2 aromatic rings. The zero-order chi connectivity index (χ0) is 9.42. The Labute approximate surface area is 81.0 Å². The van der Waals surface area contributed by atoms with E-state index in [2.05, 4.69) is 13.8 Å². The smallest absolute Gasteiger partial charge is 0.141 e. The molecule has 2 heteroatoms. The fourth-order valence-corrected chi connectivity index (χ4v) is 2.75. The molecule has 0 aliphatic rings. The Morgan fingerprint density at radius 2 is 2.15 bits per heavy atom. The van der Waals surface area contributed by atoms with Gasteiger partial charge in [0.2, 0.25) is 0 Å². The Bertz CT molecular complexity index is 443. The van der Waals surface area contributed by atoms with Crippen LogP contribution >= 0.6 is 11.3 Å². The van der Waals surface area contributed by atoms with Crippen molar-refractivity contribution in [1.82, 2.24) is 0 Å². The maximum Gasteiger partial charge on any atom is 0.141 e. The summed E-state index contributed by atoms with van der Waals surface area (Å²) in [5.41, 5.74) is 1.24. The minimum absolute atomic E-state index is 0.0923. The normalized spacial score (nSPS) is 11.0. The standard InChI is InChI=1S/C11H11FS/c1-3-10-7(2)8-5-4-6-9(12)11(8)13-10/h4-6H,3H2,1-2H3. The lowest BCUT2D eigenvalue weighted by Gasteiger charge is -1.92. The predicted molar refractivity (Wildman–Crippen MR) is 55.9 cm³/mol. The molecule has 1 aromatic carbocycles. The molecule has 0 aliphatic carbocycles. The van der Waals surface area contributed by atoms with Gasteiger partial charge in [-0.15, -0.1) is 11.3 Å². The Kier molecular flexibility index (Phi) is 2.08. The number of hydrogen-bond donors (Lipinski definition) is 0. The van der Waals surface area contributed by atoms with E-state index < -0.39 is 0 Å². The fraction of sp³-hybridized carbons (Fsp3) is 0.273. The molecule has 0 nitrogen and oxygen atoms in total. The van der Waals surface area contributed by atoms with E-state index in [1.807, 2.05) is 6.07 Å². The Balaban J connectivity index is 2.83. The Morgan fingerprint density at radius 3 is 2.77 bits per heavy atom. The van der Waals surface area contributed by atoms with Gasteiger partial charge in [-0.2, -0.15) is 0 Å². The molecule has 0 N–H and O–H groups in total. The number of aryl methyl sites for hydroxylation is 2. The molecule has 0 bridgehead atoms. The summed E-state index contributed by atoms with van der Waals surface area (Å²) in [5, 5.41) is 1.07. The minimum Gasteiger partial charge on any atom is -0.205 e. The lowest BCUT2D eigenvalue weighted by molar-refractivity contribution is 0.641. The van der Waals surface area contributed by atoms with Crippen LogP contribution in [0, 0.1) is 12.7 Å². The summed E-state index contributed by atoms with van der Waals surface area (Å²) in [4.78, 5) is 1.29. The molecule has 68 valence electrons. The van der Waals surface area contributed by atoms with Gasteiger partial charge >= 0.3 is 0 Å². The van der Waals surface area contributed by atoms with Crippen LogP contribution in [0.4, 0.5) is 4.39 Å². The number of hydrogen-bond acceptors (Lipinski definition) is 1. The summed E-state index contributed by atoms with van der Waals surface area (Å²) in [6.07, 6.45) is 0.991. The molecule has 1 heterocycles. The highest BCUT2D eigenvalue weighted by atomic mass is 32.1. The van der Waals surface area contributed by atoms with Crippen molar-refractivity contribution in [2.45, 2.75) is 20.3 Å². The third-order valence-corrected chi connectivity index (χ3v) is 3.80. The lowest BCUT2D eigenvalue weighted by Crippen LogP contribution is -1.76. The molecule has 13 heavy (non-hydrogen) atoms. The van der Waals surface area contributed by atoms with Crippen molar-refractivity contribution in [2.75, 3.05) is 0 Å². The molecule has 0 unspecified atom stereocenters. The van der Waals surface area contributed by atoms with E-state index in [1.54, 1.807) is 17.4 Å². The SMILES string of the molecule is CCc1sc2c(F)cccc2c1C. The number of benzene rings is 1. The maximum atomic E-state index is 13.3. The summed E-state index contributed by atoms with van der Waals surface area (Å²) < 4.78 is 14.1. The van der Waals surface area contributed by atoms with E-state index in [0.717, 1.165) is 16.5 Å². The topological polar surface area (TPSA) is 0 Å². The highest BCUT2D eigenvalue weighted by Crippen LogP contribution is 2.32. The van der Waals surface area contributed by atoms with Crippen molar-refractivity contribution in [3.63, 3.8) is 0 Å². The number of thiophene rings is 1. The molecule has 0 radical (unpaired) electrons. The Hall–Kier alpha value is -0.890. The first-order valence-corrected chi connectivity index (χ1v) is 5.22. The predicted octanol–water partition coefficient (Wildman–Crippen LogP) is 3.91. The van der Waals surface area contributed by atoms with E-state index >= 15 is 0 Å². The third-order valence-electron chi connectivity index (χ3n) is 2.34. The summed E-state index contributed by atoms with van der Waals surface area (Å²) in [6, 6.07) is 5.29. The van der Waals surface area contributed by atoms with Crippen LogP contribution in [0.15, 0.2) is 18.2 Å². The van der Waals surface area contributed by atoms with E-state index in [1.165, 1.54) is 16.5 Å². The van der Waals surface area contributed by atoms with E-state index in [9.17, 15) is 4.39 Å². The highest BCUT2D eigenvalue weighted by Gasteiger charge is 2.09. The van der Waals surface area contributed by atoms with Crippen LogP contribution < -0.4 is 0 Å². The minimum atomic E-state index is -0.0923. The summed E-state index contributed by atoms with van der Waals surface area (Å²) >= 11 is 1.58. The first kappa shape index (κ1) is 8.70. The van der Waals surface area contributed by atoms with E-state index in [0.29, 0.717) is 0 Å². The average molecular weight is 194 g/mol. The number of halogens is 1. The summed E-state index contributed by atoms with van der Waals surface area (Å²) in [6.45, 7) is 4.17. The molecule has 0 atom stereocenters. The molecule has 0 saturated heterocycles. The Morgan fingerprint density at radius 1 is 1.38 bits per heavy atom. The summed E-state index contributed by atoms with van der Waals surface area (Å²) in [7, 11) is 0. The van der Waals surface area contributed by atoms with Crippen LogP contribution in [-0.2, 0) is 6.42 Å². The fourth-order valence-electron chi connectivity index (χ4n) is 1.60. The first-order valence-electron chi connectivity index (χ1n) is 4.40. The second-order valence-electron chi connectivity index (χ2n) is 3.12. The van der Waals surface area contributed by atoms with Crippen molar-refractivity contribution >= 4 is 21.4 Å². The van der Waals surface area contributed by atoms with Crippen LogP contribution in [-0.4, -0.2) is 0 Å². The molecule has 1 aromatic heterocycles. The van der Waals surface area contributed by atoms with Crippen LogP contribution in [0.1, 0.15) is 17.4 Å². The molecular weight excluding hydrogens is 183 g/mol. The van der Waals surface area contributed by atoms with Crippen LogP contribution in [0.2, 0.25) is 0 Å². The van der Waals surface area contributed by atoms with Gasteiger partial charge in [0.15, 0.2) is 0 Å². The van der Waals surface area contributed by atoms with Crippen molar-refractivity contribution in [3.05, 3.63) is 34.5 Å². The van der Waals surface area contributed by atoms with Crippen LogP contribution in [0.25, 0.3) is 10.1 Å². The quantitative estimate of drug-likeness (QED) is 0.645. The van der Waals surface area contributed by atoms with Gasteiger partial charge in [0.25, 0.3) is 0 Å². The maximum absolute atomic E-state index is 13.3. The van der Waals surface area contributed by atoms with Gasteiger partial charge in [0.05, 0.1) is 4.70 Å². The molecular formula is C11H11FS. The van der Waals surface area contributed by atoms with E-state index in [4.69, 9.17) is 0 Å². The second-order valence-corrected chi connectivity index (χ2v) is 4.23. The van der Waals surface area contributed by atoms with Crippen molar-refractivity contribution in [3.8, 4) is 0 Å². The molecule has 0 saturated carbocycles. The lowest BCUT2D eigenvalue weighted by atomic mass is 10.1. The largest absolute Gasteiger partial charge is 0.205 e. The van der Waals surface area contributed by atoms with Gasteiger partial charge in [0.1, 0.15) is 5.82 Å². The molecule has 0 amide bonds. The third kappa shape index (κ3) is 1.25. The molecule has 0 spiro atoms. The van der Waals surface area contributed by atoms with Crippen LogP contribution in [0.5, 0.6) is 0 Å². The molecule has 0 fully saturated rings. The zero-order valence-electron chi connectivity index (χ0n) is 7.73. The van der Waals surface area contributed by atoms with Gasteiger partial charge in [0, 0.05) is 4.88 Å². The van der Waals surface area contributed by atoms with E-state index in [-0.39, 0.29) is 5.82 Å². The average Bonchev–Trinajstić information content (AvgIpc) is 2.45. The van der Waals surface area contributed by atoms with Crippen molar-refractivity contribution in [1.29, 1.82) is 0 Å². The zero-order valence-corrected chi connectivity index (χ0v) is 8.54. The van der Waals surface area contributed by atoms with Crippen molar-refractivity contribution in [2.24, 2.45) is 0 Å². The van der Waals surface area contributed by atoms with Crippen LogP contribution in [0.3, 0.4) is 0 Å². The summed E-state index contributed by atoms with van der Waals surface area (Å²) in [5.74, 6) is -0.0923. The van der Waals surface area contributed by atoms with Gasteiger partial charge in [-0.05, 0) is 30.4 Å². The van der Waals surface area contributed by atoms with Gasteiger partial charge in [-0.1, -0.05) is 19.1 Å². The van der Waals surface area contributed by atoms with Gasteiger partial charge in [-0.25, -0.2) is 4.39 Å². The highest BCUT2D eigenvalue weighted by molar-refractivity contribution is 7.19. The molecule has 2 rings (SSSR count). The second kappa shape index (κ2) is 3.11. The first-order chi connectivity index (χ1) is 6.24. The monoisotopic (exact) mass is 194 g/mol. The number of rotatable bonds is 1.